The number of halogens is 3. The summed E-state index contributed by atoms with van der Waals surface area (Å²) in [4.78, 5) is 18.8. The maximum Gasteiger partial charge on any atom is 0.416 e. The molecule has 2 aromatic rings. The van der Waals surface area contributed by atoms with Crippen molar-refractivity contribution in [2.45, 2.75) is 31.5 Å². The van der Waals surface area contributed by atoms with Crippen molar-refractivity contribution >= 4 is 11.8 Å². The molecule has 2 heterocycles. The monoisotopic (exact) mass is 450 g/mol. The molecule has 1 aromatic heterocycles. The molecular weight excluding hydrogens is 425 g/mol. The van der Waals surface area contributed by atoms with Crippen molar-refractivity contribution in [3.63, 3.8) is 0 Å². The van der Waals surface area contributed by atoms with Crippen LogP contribution in [0.1, 0.15) is 40.7 Å². The molecule has 1 unspecified atom stereocenters. The lowest BCUT2D eigenvalue weighted by Crippen LogP contribution is -2.41. The summed E-state index contributed by atoms with van der Waals surface area (Å²) in [6, 6.07) is 7.32. The highest BCUT2D eigenvalue weighted by Crippen LogP contribution is 2.29. The number of hydrogen-bond acceptors (Lipinski definition) is 6. The van der Waals surface area contributed by atoms with Gasteiger partial charge < -0.3 is 15.2 Å². The Kier molecular flexibility index (Phi) is 7.68. The first-order valence-corrected chi connectivity index (χ1v) is 10.3. The van der Waals surface area contributed by atoms with Crippen molar-refractivity contribution in [3.05, 3.63) is 59.3 Å². The number of ether oxygens (including phenoxy) is 2. The number of rotatable bonds is 8. The normalized spacial score (nSPS) is 15.7. The highest BCUT2D eigenvalue weighted by atomic mass is 19.4. The fraction of sp³-hybridized carbons (Fsp3) is 0.409. The van der Waals surface area contributed by atoms with E-state index in [1.165, 1.54) is 18.3 Å². The molecule has 0 radical (unpaired) electrons. The predicted octanol–water partition coefficient (Wildman–Crippen LogP) is 3.47. The van der Waals surface area contributed by atoms with Gasteiger partial charge in [0.25, 0.3) is 0 Å². The van der Waals surface area contributed by atoms with Crippen molar-refractivity contribution in [1.82, 2.24) is 9.88 Å². The highest BCUT2D eigenvalue weighted by molar-refractivity contribution is 5.97. The predicted molar refractivity (Wildman–Crippen MR) is 112 cm³/mol. The Morgan fingerprint density at radius 1 is 1.19 bits per heavy atom. The molecule has 1 aromatic carbocycles. The van der Waals surface area contributed by atoms with Gasteiger partial charge in [-0.05, 0) is 56.3 Å². The van der Waals surface area contributed by atoms with Crippen LogP contribution < -0.4 is 10.5 Å². The molecular formula is C22H25F3N4O3. The summed E-state index contributed by atoms with van der Waals surface area (Å²) in [5, 5.41) is 7.64. The first-order valence-electron chi connectivity index (χ1n) is 10.3. The van der Waals surface area contributed by atoms with Crippen LogP contribution in [0.25, 0.3) is 0 Å². The van der Waals surface area contributed by atoms with E-state index in [1.807, 2.05) is 0 Å². The minimum Gasteiger partial charge on any atom is -0.473 e. The van der Waals surface area contributed by atoms with Gasteiger partial charge in [-0.2, -0.15) is 13.2 Å². The minimum atomic E-state index is -4.56. The van der Waals surface area contributed by atoms with E-state index in [9.17, 15) is 18.0 Å². The SMILES string of the molecule is N=C(N)c1cccnc1OCC(CN1CCCCC1)OC(=O)c1cccc(C(F)(F)F)c1. The Morgan fingerprint density at radius 3 is 2.62 bits per heavy atom. The van der Waals surface area contributed by atoms with E-state index in [1.54, 1.807) is 12.1 Å². The van der Waals surface area contributed by atoms with Crippen LogP contribution in [0, 0.1) is 5.41 Å². The molecule has 0 spiro atoms. The van der Waals surface area contributed by atoms with Crippen molar-refractivity contribution in [1.29, 1.82) is 5.41 Å². The zero-order valence-electron chi connectivity index (χ0n) is 17.4. The molecule has 1 aliphatic heterocycles. The smallest absolute Gasteiger partial charge is 0.416 e. The number of carbonyl (C=O) groups is 1. The number of hydrogen-bond donors (Lipinski definition) is 2. The molecule has 32 heavy (non-hydrogen) atoms. The second kappa shape index (κ2) is 10.4. The van der Waals surface area contributed by atoms with Crippen LogP contribution in [-0.2, 0) is 10.9 Å². The zero-order valence-corrected chi connectivity index (χ0v) is 17.4. The molecule has 1 saturated heterocycles. The molecule has 0 amide bonds. The Balaban J connectivity index is 1.74. The molecule has 3 N–H and O–H groups in total. The van der Waals surface area contributed by atoms with E-state index >= 15 is 0 Å². The first-order chi connectivity index (χ1) is 15.2. The van der Waals surface area contributed by atoms with Gasteiger partial charge in [0.2, 0.25) is 5.88 Å². The number of likely N-dealkylation sites (tertiary alicyclic amines) is 1. The second-order valence-electron chi connectivity index (χ2n) is 7.55. The lowest BCUT2D eigenvalue weighted by atomic mass is 10.1. The Labute approximate surface area is 183 Å². The number of nitrogens with one attached hydrogen (secondary N) is 1. The highest BCUT2D eigenvalue weighted by Gasteiger charge is 2.31. The third-order valence-electron chi connectivity index (χ3n) is 5.08. The molecule has 10 heteroatoms. The van der Waals surface area contributed by atoms with E-state index in [0.717, 1.165) is 44.5 Å². The fourth-order valence-electron chi connectivity index (χ4n) is 3.48. The topological polar surface area (TPSA) is 102 Å². The second-order valence-corrected chi connectivity index (χ2v) is 7.55. The number of nitrogen functional groups attached to an aromatic ring is 1. The van der Waals surface area contributed by atoms with E-state index in [4.69, 9.17) is 20.6 Å². The van der Waals surface area contributed by atoms with E-state index in [-0.39, 0.29) is 23.9 Å². The van der Waals surface area contributed by atoms with Gasteiger partial charge in [-0.1, -0.05) is 12.5 Å². The van der Waals surface area contributed by atoms with Gasteiger partial charge in [0.15, 0.2) is 0 Å². The number of aromatic nitrogens is 1. The minimum absolute atomic E-state index is 0.0848. The Morgan fingerprint density at radius 2 is 1.94 bits per heavy atom. The third-order valence-corrected chi connectivity index (χ3v) is 5.08. The molecule has 1 fully saturated rings. The summed E-state index contributed by atoms with van der Waals surface area (Å²) in [7, 11) is 0. The number of carbonyl (C=O) groups excluding carboxylic acids is 1. The zero-order chi connectivity index (χ0) is 23.1. The number of benzene rings is 1. The van der Waals surface area contributed by atoms with Gasteiger partial charge in [-0.15, -0.1) is 0 Å². The van der Waals surface area contributed by atoms with Crippen LogP contribution in [0.15, 0.2) is 42.6 Å². The Bertz CT molecular complexity index is 946. The molecule has 0 bridgehead atoms. The van der Waals surface area contributed by atoms with Crippen LogP contribution in [0.5, 0.6) is 5.88 Å². The van der Waals surface area contributed by atoms with Crippen molar-refractivity contribution in [3.8, 4) is 5.88 Å². The molecule has 1 atom stereocenters. The molecule has 3 rings (SSSR count). The maximum atomic E-state index is 13.0. The van der Waals surface area contributed by atoms with E-state index < -0.39 is 23.8 Å². The maximum absolute atomic E-state index is 13.0. The number of piperidine rings is 1. The van der Waals surface area contributed by atoms with Crippen LogP contribution in [0.2, 0.25) is 0 Å². The van der Waals surface area contributed by atoms with Gasteiger partial charge in [0.05, 0.1) is 16.7 Å². The van der Waals surface area contributed by atoms with Crippen LogP contribution >= 0.6 is 0 Å². The van der Waals surface area contributed by atoms with Gasteiger partial charge in [0.1, 0.15) is 18.5 Å². The van der Waals surface area contributed by atoms with Gasteiger partial charge in [-0.3, -0.25) is 10.3 Å². The number of nitrogens with zero attached hydrogens (tertiary/aromatic N) is 2. The molecule has 0 saturated carbocycles. The van der Waals surface area contributed by atoms with Gasteiger partial charge in [0, 0.05) is 12.7 Å². The summed E-state index contributed by atoms with van der Waals surface area (Å²) in [5.41, 5.74) is 4.74. The largest absolute Gasteiger partial charge is 0.473 e. The first kappa shape index (κ1) is 23.5. The average Bonchev–Trinajstić information content (AvgIpc) is 2.77. The number of amidine groups is 1. The van der Waals surface area contributed by atoms with Gasteiger partial charge >= 0.3 is 12.1 Å². The lowest BCUT2D eigenvalue weighted by molar-refractivity contribution is -0.137. The Hall–Kier alpha value is -3.14. The number of nitrogens with two attached hydrogens (primary N) is 1. The van der Waals surface area contributed by atoms with Crippen LogP contribution in [-0.4, -0.2) is 54.0 Å². The molecule has 1 aliphatic rings. The van der Waals surface area contributed by atoms with Crippen molar-refractivity contribution in [2.24, 2.45) is 5.73 Å². The van der Waals surface area contributed by atoms with E-state index in [0.29, 0.717) is 12.1 Å². The number of alkyl halides is 3. The lowest BCUT2D eigenvalue weighted by Gasteiger charge is -2.30. The van der Waals surface area contributed by atoms with Crippen LogP contribution in [0.4, 0.5) is 13.2 Å². The fourth-order valence-corrected chi connectivity index (χ4v) is 3.48. The third kappa shape index (κ3) is 6.43. The summed E-state index contributed by atoms with van der Waals surface area (Å²) >= 11 is 0. The molecule has 172 valence electrons. The van der Waals surface area contributed by atoms with Gasteiger partial charge in [-0.25, -0.2) is 9.78 Å². The van der Waals surface area contributed by atoms with E-state index in [2.05, 4.69) is 9.88 Å². The number of esters is 1. The average molecular weight is 450 g/mol. The standard InChI is InChI=1S/C22H25F3N4O3/c23-22(24,25)16-7-4-6-15(12-16)21(30)32-17(13-29-10-2-1-3-11-29)14-31-20-18(19(26)27)8-5-9-28-20/h4-9,12,17H,1-3,10-11,13-14H2,(H3,26,27). The summed E-state index contributed by atoms with van der Waals surface area (Å²) < 4.78 is 50.2. The van der Waals surface area contributed by atoms with Crippen molar-refractivity contribution < 1.29 is 27.4 Å². The summed E-state index contributed by atoms with van der Waals surface area (Å²) in [5.74, 6) is -0.963. The number of pyridine rings is 1. The van der Waals surface area contributed by atoms with Crippen LogP contribution in [0.3, 0.4) is 0 Å². The summed E-state index contributed by atoms with van der Waals surface area (Å²) in [6.07, 6.45) is -0.673. The molecule has 7 nitrogen and oxygen atoms in total. The quantitative estimate of drug-likeness (QED) is 0.363. The summed E-state index contributed by atoms with van der Waals surface area (Å²) in [6.45, 7) is 1.95. The molecule has 0 aliphatic carbocycles. The van der Waals surface area contributed by atoms with Crippen molar-refractivity contribution in [2.75, 3.05) is 26.2 Å².